The molecule has 30 heavy (non-hydrogen) atoms. The maximum absolute atomic E-state index is 13.6. The van der Waals surface area contributed by atoms with Crippen LogP contribution in [0.1, 0.15) is 36.0 Å². The number of aryl methyl sites for hydroxylation is 1. The van der Waals surface area contributed by atoms with E-state index in [2.05, 4.69) is 34.0 Å². The van der Waals surface area contributed by atoms with Crippen LogP contribution in [0.5, 0.6) is 0 Å². The number of amides is 1. The van der Waals surface area contributed by atoms with Crippen LogP contribution in [0.4, 0.5) is 0 Å². The molecule has 1 aromatic heterocycles. The number of nitrogens with zero attached hydrogens (tertiary/aromatic N) is 2. The van der Waals surface area contributed by atoms with Gasteiger partial charge < -0.3 is 14.8 Å². The van der Waals surface area contributed by atoms with Crippen molar-refractivity contribution in [3.05, 3.63) is 59.1 Å². The van der Waals surface area contributed by atoms with Crippen molar-refractivity contribution >= 4 is 40.8 Å². The van der Waals surface area contributed by atoms with Crippen LogP contribution in [0, 0.1) is 0 Å². The fourth-order valence-corrected chi connectivity index (χ4v) is 5.72. The maximum Gasteiger partial charge on any atom is 0.254 e. The Hall–Kier alpha value is -2.01. The van der Waals surface area contributed by atoms with Gasteiger partial charge >= 0.3 is 0 Å². The minimum Gasteiger partial charge on any atom is -0.349 e. The summed E-state index contributed by atoms with van der Waals surface area (Å²) in [5, 5.41) is 4.94. The fraction of sp³-hybridized carbons (Fsp3) is 0.375. The average molecular weight is 444 g/mol. The Kier molecular flexibility index (Phi) is 5.84. The van der Waals surface area contributed by atoms with Gasteiger partial charge in [-0.1, -0.05) is 54.1 Å². The Labute approximate surface area is 188 Å². The van der Waals surface area contributed by atoms with E-state index < -0.39 is 0 Å². The van der Waals surface area contributed by atoms with E-state index in [1.165, 1.54) is 12.8 Å². The van der Waals surface area contributed by atoms with E-state index in [9.17, 15) is 4.79 Å². The lowest BCUT2D eigenvalue weighted by molar-refractivity contribution is 0.0884. The van der Waals surface area contributed by atoms with E-state index >= 15 is 0 Å². The Balaban J connectivity index is 0.00000218. The molecule has 2 bridgehead atoms. The summed E-state index contributed by atoms with van der Waals surface area (Å²) in [6.07, 6.45) is 4.55. The van der Waals surface area contributed by atoms with Crippen LogP contribution in [-0.2, 0) is 7.05 Å². The first kappa shape index (κ1) is 21.2. The number of benzene rings is 2. The standard InChI is InChI=1S/C24H26ClN3O.ClH/c1-27-17-11-12-18(27)14-16(13-17)26-24(29)21-19-9-6-10-20(25)23(19)28(2)22(21)15-7-4-3-5-8-15;/h3-10,16-18H,11-14H2,1-2H3,(H,26,29);1H/t16?,17-,18+;. The molecule has 6 heteroatoms. The number of carbonyl (C=O) groups is 1. The third-order valence-electron chi connectivity index (χ3n) is 6.87. The quantitative estimate of drug-likeness (QED) is 0.597. The SMILES string of the molecule is CN1[C@@H]2CC[C@H]1CC(NC(=O)c1c(-c3ccccc3)n(C)c3c(Cl)cccc13)C2.Cl. The number of aromatic nitrogens is 1. The van der Waals surface area contributed by atoms with Crippen molar-refractivity contribution in [1.82, 2.24) is 14.8 Å². The molecule has 1 amide bonds. The van der Waals surface area contributed by atoms with Gasteiger partial charge in [0.25, 0.3) is 5.91 Å². The molecule has 158 valence electrons. The predicted octanol–water partition coefficient (Wildman–Crippen LogP) is 5.28. The van der Waals surface area contributed by atoms with E-state index in [0.717, 1.165) is 40.6 Å². The van der Waals surface area contributed by atoms with E-state index in [4.69, 9.17) is 11.6 Å². The van der Waals surface area contributed by atoms with Gasteiger partial charge in [0.2, 0.25) is 0 Å². The Morgan fingerprint density at radius 3 is 2.33 bits per heavy atom. The molecule has 0 spiro atoms. The van der Waals surface area contributed by atoms with E-state index in [-0.39, 0.29) is 24.4 Å². The molecule has 2 aromatic carbocycles. The third-order valence-corrected chi connectivity index (χ3v) is 7.18. The first-order valence-electron chi connectivity index (χ1n) is 10.4. The zero-order valence-corrected chi connectivity index (χ0v) is 18.8. The van der Waals surface area contributed by atoms with Crippen LogP contribution in [0.15, 0.2) is 48.5 Å². The summed E-state index contributed by atoms with van der Waals surface area (Å²) in [4.78, 5) is 16.1. The van der Waals surface area contributed by atoms with E-state index in [0.29, 0.717) is 17.1 Å². The minimum atomic E-state index is 0. The van der Waals surface area contributed by atoms with Crippen molar-refractivity contribution in [2.45, 2.75) is 43.8 Å². The Bertz CT molecular complexity index is 1060. The van der Waals surface area contributed by atoms with Gasteiger partial charge in [0.1, 0.15) is 0 Å². The third kappa shape index (κ3) is 3.41. The number of rotatable bonds is 3. The smallest absolute Gasteiger partial charge is 0.254 e. The number of halogens is 2. The zero-order valence-electron chi connectivity index (χ0n) is 17.3. The number of hydrogen-bond donors (Lipinski definition) is 1. The van der Waals surface area contributed by atoms with Crippen molar-refractivity contribution in [1.29, 1.82) is 0 Å². The summed E-state index contributed by atoms with van der Waals surface area (Å²) >= 11 is 6.54. The first-order chi connectivity index (χ1) is 14.0. The molecule has 2 saturated heterocycles. The Morgan fingerprint density at radius 1 is 1.00 bits per heavy atom. The summed E-state index contributed by atoms with van der Waals surface area (Å²) < 4.78 is 2.06. The first-order valence-corrected chi connectivity index (χ1v) is 10.8. The summed E-state index contributed by atoms with van der Waals surface area (Å²) in [7, 11) is 4.21. The molecule has 0 saturated carbocycles. The van der Waals surface area contributed by atoms with Gasteiger partial charge in [-0.3, -0.25) is 4.79 Å². The predicted molar refractivity (Wildman–Crippen MR) is 126 cm³/mol. The second-order valence-corrected chi connectivity index (χ2v) is 8.88. The number of hydrogen-bond acceptors (Lipinski definition) is 2. The molecule has 1 N–H and O–H groups in total. The highest BCUT2D eigenvalue weighted by Gasteiger charge is 2.39. The highest BCUT2D eigenvalue weighted by Crippen LogP contribution is 2.38. The highest BCUT2D eigenvalue weighted by molar-refractivity contribution is 6.36. The Morgan fingerprint density at radius 2 is 1.67 bits per heavy atom. The van der Waals surface area contributed by atoms with Crippen molar-refractivity contribution in [2.24, 2.45) is 7.05 Å². The second-order valence-electron chi connectivity index (χ2n) is 8.48. The van der Waals surface area contributed by atoms with Crippen LogP contribution < -0.4 is 5.32 Å². The molecule has 2 aliphatic heterocycles. The molecule has 4 nitrogen and oxygen atoms in total. The topological polar surface area (TPSA) is 37.3 Å². The lowest BCUT2D eigenvalue weighted by atomic mass is 9.97. The summed E-state index contributed by atoms with van der Waals surface area (Å²) in [5.74, 6) is 0.00525. The fourth-order valence-electron chi connectivity index (χ4n) is 5.42. The normalized spacial score (nSPS) is 23.4. The molecule has 3 heterocycles. The van der Waals surface area contributed by atoms with Crippen molar-refractivity contribution in [3.63, 3.8) is 0 Å². The van der Waals surface area contributed by atoms with E-state index in [1.807, 2.05) is 43.4 Å². The summed E-state index contributed by atoms with van der Waals surface area (Å²) in [6, 6.07) is 17.3. The minimum absolute atomic E-state index is 0. The maximum atomic E-state index is 13.6. The van der Waals surface area contributed by atoms with Gasteiger partial charge in [0.05, 0.1) is 21.8 Å². The van der Waals surface area contributed by atoms with Gasteiger partial charge in [-0.15, -0.1) is 12.4 Å². The van der Waals surface area contributed by atoms with Gasteiger partial charge in [-0.05, 0) is 44.4 Å². The molecule has 1 unspecified atom stereocenters. The van der Waals surface area contributed by atoms with Crippen LogP contribution in [0.2, 0.25) is 5.02 Å². The van der Waals surface area contributed by atoms with Crippen LogP contribution in [0.3, 0.4) is 0 Å². The molecule has 3 aromatic rings. The molecule has 2 aliphatic rings. The number of para-hydroxylation sites is 1. The van der Waals surface area contributed by atoms with Gasteiger partial charge in [-0.2, -0.15) is 0 Å². The van der Waals surface area contributed by atoms with Gasteiger partial charge in [-0.25, -0.2) is 0 Å². The van der Waals surface area contributed by atoms with Crippen LogP contribution in [0.25, 0.3) is 22.2 Å². The molecule has 5 rings (SSSR count). The van der Waals surface area contributed by atoms with Crippen molar-refractivity contribution in [2.75, 3.05) is 7.05 Å². The second kappa shape index (κ2) is 8.26. The number of fused-ring (bicyclic) bond motifs is 3. The van der Waals surface area contributed by atoms with Crippen LogP contribution in [-0.4, -0.2) is 40.5 Å². The van der Waals surface area contributed by atoms with Crippen molar-refractivity contribution < 1.29 is 4.79 Å². The lowest BCUT2D eigenvalue weighted by Gasteiger charge is -2.36. The highest BCUT2D eigenvalue weighted by atomic mass is 35.5. The van der Waals surface area contributed by atoms with Crippen LogP contribution >= 0.6 is 24.0 Å². The molecular formula is C24H27Cl2N3O. The van der Waals surface area contributed by atoms with Gasteiger partial charge in [0.15, 0.2) is 0 Å². The molecule has 3 atom stereocenters. The molecule has 0 aliphatic carbocycles. The van der Waals surface area contributed by atoms with Gasteiger partial charge in [0, 0.05) is 30.6 Å². The lowest BCUT2D eigenvalue weighted by Crippen LogP contribution is -2.48. The summed E-state index contributed by atoms with van der Waals surface area (Å²) in [5.41, 5.74) is 3.57. The zero-order chi connectivity index (χ0) is 20.1. The molecule has 2 fully saturated rings. The monoisotopic (exact) mass is 443 g/mol. The molecule has 0 radical (unpaired) electrons. The average Bonchev–Trinajstić information content (AvgIpc) is 3.11. The number of nitrogens with one attached hydrogen (secondary N) is 1. The number of piperidine rings is 1. The van der Waals surface area contributed by atoms with E-state index in [1.54, 1.807) is 0 Å². The summed E-state index contributed by atoms with van der Waals surface area (Å²) in [6.45, 7) is 0. The number of carbonyl (C=O) groups excluding carboxylic acids is 1. The molecular weight excluding hydrogens is 417 g/mol. The largest absolute Gasteiger partial charge is 0.349 e. The van der Waals surface area contributed by atoms with Crippen molar-refractivity contribution in [3.8, 4) is 11.3 Å².